The topological polar surface area (TPSA) is 118 Å². The van der Waals surface area contributed by atoms with Crippen molar-refractivity contribution in [2.75, 3.05) is 5.32 Å². The van der Waals surface area contributed by atoms with Gasteiger partial charge in [-0.2, -0.15) is 10.2 Å². The number of nitrogens with zero attached hydrogens (tertiary/aromatic N) is 5. The minimum Gasteiger partial charge on any atom is -0.334 e. The Balaban J connectivity index is 1.99. The van der Waals surface area contributed by atoms with Crippen molar-refractivity contribution >= 4 is 28.3 Å². The molecule has 2 N–H and O–H groups in total. The number of anilines is 2. The van der Waals surface area contributed by atoms with E-state index in [0.717, 1.165) is 5.56 Å². The molecule has 0 spiro atoms. The normalized spacial score (nSPS) is 10.9. The van der Waals surface area contributed by atoms with Crippen molar-refractivity contribution in [2.45, 2.75) is 20.4 Å². The van der Waals surface area contributed by atoms with Gasteiger partial charge in [-0.05, 0) is 13.8 Å². The molecule has 140 valence electrons. The summed E-state index contributed by atoms with van der Waals surface area (Å²) < 4.78 is 1.32. The highest BCUT2D eigenvalue weighted by Gasteiger charge is 2.22. The van der Waals surface area contributed by atoms with Crippen LogP contribution >= 0.6 is 0 Å². The maximum Gasteiger partial charge on any atom is 0.291 e. The van der Waals surface area contributed by atoms with Gasteiger partial charge in [-0.15, -0.1) is 0 Å². The van der Waals surface area contributed by atoms with Gasteiger partial charge in [-0.1, -0.05) is 30.3 Å². The monoisotopic (exact) mass is 375 g/mol. The first-order chi connectivity index (χ1) is 13.6. The Morgan fingerprint density at radius 1 is 1.21 bits per heavy atom. The zero-order chi connectivity index (χ0) is 19.7. The van der Waals surface area contributed by atoms with Crippen LogP contribution in [-0.4, -0.2) is 35.7 Å². The summed E-state index contributed by atoms with van der Waals surface area (Å²) in [6.45, 7) is 3.59. The van der Waals surface area contributed by atoms with Crippen molar-refractivity contribution in [3.8, 4) is 11.3 Å². The van der Waals surface area contributed by atoms with E-state index in [1.807, 2.05) is 37.3 Å². The summed E-state index contributed by atoms with van der Waals surface area (Å²) in [7, 11) is 0. The van der Waals surface area contributed by atoms with Gasteiger partial charge in [0.15, 0.2) is 11.4 Å². The summed E-state index contributed by atoms with van der Waals surface area (Å²) >= 11 is 0. The summed E-state index contributed by atoms with van der Waals surface area (Å²) in [5.41, 5.74) is 1.65. The van der Waals surface area contributed by atoms with Crippen LogP contribution in [0.25, 0.3) is 22.3 Å². The van der Waals surface area contributed by atoms with E-state index in [1.165, 1.54) is 17.9 Å². The number of hydrogen-bond acceptors (Lipinski definition) is 7. The van der Waals surface area contributed by atoms with Crippen LogP contribution in [0.15, 0.2) is 47.7 Å². The van der Waals surface area contributed by atoms with Crippen molar-refractivity contribution < 1.29 is 4.79 Å². The Hall–Kier alpha value is -3.88. The van der Waals surface area contributed by atoms with Crippen molar-refractivity contribution in [1.82, 2.24) is 29.9 Å². The van der Waals surface area contributed by atoms with Gasteiger partial charge in [0.2, 0.25) is 0 Å². The van der Waals surface area contributed by atoms with E-state index in [1.54, 1.807) is 6.20 Å². The first-order valence-corrected chi connectivity index (χ1v) is 8.72. The standard InChI is InChI=1S/C19H17N7O2/c1-3-26-19(28)16(23-17-13-9-22-24-18(13)21-10-20-17)14(11(2)27)15(25-26)12-7-5-4-6-8-12/h4-10H,3H2,1-2H3,(H2,20,21,22,23,24). The third kappa shape index (κ3) is 2.92. The molecule has 0 unspecified atom stereocenters. The lowest BCUT2D eigenvalue weighted by Crippen LogP contribution is -2.28. The Morgan fingerprint density at radius 2 is 2.00 bits per heavy atom. The van der Waals surface area contributed by atoms with Gasteiger partial charge in [0.1, 0.15) is 23.5 Å². The van der Waals surface area contributed by atoms with Crippen LogP contribution in [0.4, 0.5) is 11.5 Å². The predicted molar refractivity (Wildman–Crippen MR) is 105 cm³/mol. The largest absolute Gasteiger partial charge is 0.334 e. The first kappa shape index (κ1) is 17.5. The number of fused-ring (bicyclic) bond motifs is 1. The van der Waals surface area contributed by atoms with Gasteiger partial charge >= 0.3 is 0 Å². The molecule has 0 bridgehead atoms. The number of H-pyrrole nitrogens is 1. The molecule has 1 aromatic carbocycles. The van der Waals surface area contributed by atoms with Crippen LogP contribution in [0.3, 0.4) is 0 Å². The molecule has 9 heteroatoms. The molecule has 0 aliphatic carbocycles. The number of aromatic amines is 1. The van der Waals surface area contributed by atoms with Crippen molar-refractivity contribution in [3.63, 3.8) is 0 Å². The van der Waals surface area contributed by atoms with Crippen molar-refractivity contribution in [3.05, 3.63) is 58.8 Å². The SMILES string of the molecule is CCn1nc(-c2ccccc2)c(C(C)=O)c(Nc2ncnc3[nH]ncc23)c1=O. The predicted octanol–water partition coefficient (Wildman–Crippen LogP) is 2.54. The molecule has 0 aliphatic heterocycles. The zero-order valence-electron chi connectivity index (χ0n) is 15.3. The van der Waals surface area contributed by atoms with E-state index in [-0.39, 0.29) is 17.0 Å². The number of rotatable bonds is 5. The Labute approximate surface area is 159 Å². The highest BCUT2D eigenvalue weighted by Crippen LogP contribution is 2.28. The lowest BCUT2D eigenvalue weighted by atomic mass is 10.0. The number of aryl methyl sites for hydroxylation is 1. The molecule has 9 nitrogen and oxygen atoms in total. The summed E-state index contributed by atoms with van der Waals surface area (Å²) in [5, 5.41) is 14.8. The van der Waals surface area contributed by atoms with Gasteiger partial charge in [0.05, 0.1) is 17.1 Å². The van der Waals surface area contributed by atoms with Crippen LogP contribution in [0.2, 0.25) is 0 Å². The average Bonchev–Trinajstić information content (AvgIpc) is 3.19. The van der Waals surface area contributed by atoms with Gasteiger partial charge in [0, 0.05) is 12.1 Å². The molecular weight excluding hydrogens is 358 g/mol. The molecule has 3 aromatic heterocycles. The molecule has 4 aromatic rings. The number of carbonyl (C=O) groups excluding carboxylic acids is 1. The fourth-order valence-electron chi connectivity index (χ4n) is 3.02. The van der Waals surface area contributed by atoms with E-state index in [2.05, 4.69) is 30.6 Å². The summed E-state index contributed by atoms with van der Waals surface area (Å²) in [6.07, 6.45) is 2.91. The smallest absolute Gasteiger partial charge is 0.291 e. The summed E-state index contributed by atoms with van der Waals surface area (Å²) in [6, 6.07) is 9.29. The third-order valence-corrected chi connectivity index (χ3v) is 4.35. The molecule has 0 fully saturated rings. The minimum atomic E-state index is -0.400. The van der Waals surface area contributed by atoms with Crippen molar-refractivity contribution in [2.24, 2.45) is 0 Å². The van der Waals surface area contributed by atoms with E-state index in [0.29, 0.717) is 29.1 Å². The molecule has 0 saturated heterocycles. The third-order valence-electron chi connectivity index (χ3n) is 4.35. The van der Waals surface area contributed by atoms with E-state index in [4.69, 9.17) is 0 Å². The molecule has 0 saturated carbocycles. The number of carbonyl (C=O) groups is 1. The molecule has 3 heterocycles. The van der Waals surface area contributed by atoms with Crippen LogP contribution in [0.5, 0.6) is 0 Å². The molecule has 0 radical (unpaired) electrons. The Bertz CT molecular complexity index is 1230. The minimum absolute atomic E-state index is 0.129. The summed E-state index contributed by atoms with van der Waals surface area (Å²) in [4.78, 5) is 33.8. The number of Topliss-reactive ketones (excluding diaryl/α,β-unsaturated/α-hetero) is 1. The number of benzene rings is 1. The Morgan fingerprint density at radius 3 is 2.71 bits per heavy atom. The Kier molecular flexibility index (Phi) is 4.40. The molecule has 0 atom stereocenters. The van der Waals surface area contributed by atoms with Crippen LogP contribution < -0.4 is 10.9 Å². The van der Waals surface area contributed by atoms with Gasteiger partial charge in [0.25, 0.3) is 5.56 Å². The summed E-state index contributed by atoms with van der Waals surface area (Å²) in [5.74, 6) is 0.109. The second kappa shape index (κ2) is 7.03. The quantitative estimate of drug-likeness (QED) is 0.515. The van der Waals surface area contributed by atoms with Gasteiger partial charge in [-0.3, -0.25) is 14.7 Å². The highest BCUT2D eigenvalue weighted by molar-refractivity contribution is 6.05. The van der Waals surface area contributed by atoms with Crippen LogP contribution in [0.1, 0.15) is 24.2 Å². The van der Waals surface area contributed by atoms with Gasteiger partial charge < -0.3 is 5.32 Å². The average molecular weight is 375 g/mol. The maximum atomic E-state index is 13.0. The fraction of sp³-hybridized carbons (Fsp3) is 0.158. The van der Waals surface area contributed by atoms with Crippen LogP contribution in [0, 0.1) is 0 Å². The van der Waals surface area contributed by atoms with Crippen LogP contribution in [-0.2, 0) is 6.54 Å². The lowest BCUT2D eigenvalue weighted by molar-refractivity contribution is 0.101. The lowest BCUT2D eigenvalue weighted by Gasteiger charge is -2.15. The maximum absolute atomic E-state index is 13.0. The number of hydrogen-bond donors (Lipinski definition) is 2. The molecule has 4 rings (SSSR count). The molecule has 28 heavy (non-hydrogen) atoms. The molecule has 0 aliphatic rings. The van der Waals surface area contributed by atoms with E-state index < -0.39 is 5.56 Å². The number of aromatic nitrogens is 6. The molecular formula is C19H17N7O2. The second-order valence-corrected chi connectivity index (χ2v) is 6.12. The second-order valence-electron chi connectivity index (χ2n) is 6.12. The fourth-order valence-corrected chi connectivity index (χ4v) is 3.02. The van der Waals surface area contributed by atoms with E-state index in [9.17, 15) is 9.59 Å². The number of nitrogens with one attached hydrogen (secondary N) is 2. The zero-order valence-corrected chi connectivity index (χ0v) is 15.3. The van der Waals surface area contributed by atoms with Gasteiger partial charge in [-0.25, -0.2) is 14.6 Å². The van der Waals surface area contributed by atoms with Crippen molar-refractivity contribution in [1.29, 1.82) is 0 Å². The first-order valence-electron chi connectivity index (χ1n) is 8.72. The molecule has 0 amide bonds. The highest BCUT2D eigenvalue weighted by atomic mass is 16.1. The van der Waals surface area contributed by atoms with E-state index >= 15 is 0 Å². The number of ketones is 1.